The molecule has 0 saturated carbocycles. The molecule has 2 amide bonds. The topological polar surface area (TPSA) is 110 Å². The Balaban J connectivity index is 2.14. The highest BCUT2D eigenvalue weighted by Gasteiger charge is 2.36. The third-order valence-corrected chi connectivity index (χ3v) is 5.87. The van der Waals surface area contributed by atoms with Crippen LogP contribution in [0.25, 0.3) is 0 Å². The van der Waals surface area contributed by atoms with Gasteiger partial charge in [-0.2, -0.15) is 0 Å². The SMILES string of the molecule is CCOC(=O)c1ccccc1NC(=O)C(=O)N(CC)C1CCS(=O)(=O)C1. The number of carbonyl (C=O) groups excluding carboxylic acids is 3. The average Bonchev–Trinajstić information content (AvgIpc) is 2.95. The summed E-state index contributed by atoms with van der Waals surface area (Å²) in [7, 11) is -3.18. The minimum Gasteiger partial charge on any atom is -0.462 e. The zero-order valence-corrected chi connectivity index (χ0v) is 15.5. The molecule has 1 aliphatic rings. The predicted octanol–water partition coefficient (Wildman–Crippen LogP) is 0.837. The fourth-order valence-electron chi connectivity index (χ4n) is 2.87. The van der Waals surface area contributed by atoms with Crippen molar-refractivity contribution in [3.63, 3.8) is 0 Å². The first-order valence-electron chi connectivity index (χ1n) is 8.37. The molecule has 0 bridgehead atoms. The Labute approximate surface area is 152 Å². The number of nitrogens with zero attached hydrogens (tertiary/aromatic N) is 1. The van der Waals surface area contributed by atoms with Crippen LogP contribution in [0.2, 0.25) is 0 Å². The summed E-state index contributed by atoms with van der Waals surface area (Å²) >= 11 is 0. The molecule has 0 aromatic heterocycles. The fourth-order valence-corrected chi connectivity index (χ4v) is 4.60. The van der Waals surface area contributed by atoms with E-state index in [2.05, 4.69) is 5.32 Å². The van der Waals surface area contributed by atoms with Crippen molar-refractivity contribution >= 4 is 33.3 Å². The lowest BCUT2D eigenvalue weighted by Gasteiger charge is -2.26. The maximum atomic E-state index is 12.5. The number of nitrogens with one attached hydrogen (secondary N) is 1. The molecule has 9 heteroatoms. The first-order chi connectivity index (χ1) is 12.3. The molecule has 1 atom stereocenters. The first-order valence-corrected chi connectivity index (χ1v) is 10.2. The number of benzene rings is 1. The van der Waals surface area contributed by atoms with E-state index in [9.17, 15) is 22.8 Å². The Morgan fingerprint density at radius 2 is 1.92 bits per heavy atom. The average molecular weight is 382 g/mol. The summed E-state index contributed by atoms with van der Waals surface area (Å²) < 4.78 is 28.2. The van der Waals surface area contributed by atoms with Gasteiger partial charge in [0, 0.05) is 12.6 Å². The van der Waals surface area contributed by atoms with Gasteiger partial charge in [-0.3, -0.25) is 9.59 Å². The maximum Gasteiger partial charge on any atom is 0.340 e. The number of likely N-dealkylation sites (N-methyl/N-ethyl adjacent to an activating group) is 1. The highest BCUT2D eigenvalue weighted by Crippen LogP contribution is 2.19. The second-order valence-corrected chi connectivity index (χ2v) is 8.10. The molecule has 1 saturated heterocycles. The van der Waals surface area contributed by atoms with Gasteiger partial charge in [0.1, 0.15) is 0 Å². The van der Waals surface area contributed by atoms with E-state index in [1.165, 1.54) is 17.0 Å². The summed E-state index contributed by atoms with van der Waals surface area (Å²) in [6.45, 7) is 3.74. The summed E-state index contributed by atoms with van der Waals surface area (Å²) in [5.74, 6) is -2.49. The summed E-state index contributed by atoms with van der Waals surface area (Å²) in [5, 5.41) is 2.43. The Morgan fingerprint density at radius 3 is 2.50 bits per heavy atom. The lowest BCUT2D eigenvalue weighted by Crippen LogP contribution is -2.46. The van der Waals surface area contributed by atoms with Crippen LogP contribution in [0, 0.1) is 0 Å². The maximum absolute atomic E-state index is 12.5. The number of anilines is 1. The van der Waals surface area contributed by atoms with Gasteiger partial charge in [-0.1, -0.05) is 12.1 Å². The van der Waals surface area contributed by atoms with Crippen LogP contribution in [-0.4, -0.2) is 61.8 Å². The summed E-state index contributed by atoms with van der Waals surface area (Å²) in [6, 6.07) is 5.70. The number of hydrogen-bond donors (Lipinski definition) is 1. The lowest BCUT2D eigenvalue weighted by atomic mass is 10.1. The number of ether oxygens (including phenoxy) is 1. The zero-order valence-electron chi connectivity index (χ0n) is 14.7. The zero-order chi connectivity index (χ0) is 19.3. The minimum absolute atomic E-state index is 0.00869. The highest BCUT2D eigenvalue weighted by atomic mass is 32.2. The number of carbonyl (C=O) groups is 3. The Bertz CT molecular complexity index is 805. The van der Waals surface area contributed by atoms with E-state index in [1.807, 2.05) is 0 Å². The van der Waals surface area contributed by atoms with Crippen molar-refractivity contribution in [3.05, 3.63) is 29.8 Å². The van der Waals surface area contributed by atoms with Crippen molar-refractivity contribution in [2.24, 2.45) is 0 Å². The lowest BCUT2D eigenvalue weighted by molar-refractivity contribution is -0.144. The summed E-state index contributed by atoms with van der Waals surface area (Å²) in [5.41, 5.74) is 0.307. The van der Waals surface area contributed by atoms with Crippen LogP contribution in [0.5, 0.6) is 0 Å². The second-order valence-electron chi connectivity index (χ2n) is 5.87. The van der Waals surface area contributed by atoms with Gasteiger partial charge >= 0.3 is 17.8 Å². The number of amides is 2. The molecule has 1 N–H and O–H groups in total. The van der Waals surface area contributed by atoms with E-state index in [-0.39, 0.29) is 35.9 Å². The van der Waals surface area contributed by atoms with Crippen LogP contribution in [0.15, 0.2) is 24.3 Å². The molecule has 0 aliphatic carbocycles. The minimum atomic E-state index is -3.18. The normalized spacial score (nSPS) is 18.2. The molecular formula is C17H22N2O6S. The van der Waals surface area contributed by atoms with Crippen molar-refractivity contribution in [2.75, 3.05) is 30.0 Å². The summed E-state index contributed by atoms with van der Waals surface area (Å²) in [6.07, 6.45) is 0.314. The van der Waals surface area contributed by atoms with Crippen molar-refractivity contribution in [1.82, 2.24) is 4.90 Å². The first kappa shape index (κ1) is 19.9. The van der Waals surface area contributed by atoms with Crippen LogP contribution in [-0.2, 0) is 24.2 Å². The standard InChI is InChI=1S/C17H22N2O6S/c1-3-19(12-9-10-26(23,24)11-12)16(21)15(20)18-14-8-6-5-7-13(14)17(22)25-4-2/h5-8,12H,3-4,9-11H2,1-2H3,(H,18,20). The summed E-state index contributed by atoms with van der Waals surface area (Å²) in [4.78, 5) is 38.1. The Kier molecular flexibility index (Phi) is 6.36. The smallest absolute Gasteiger partial charge is 0.340 e. The molecule has 1 fully saturated rings. The van der Waals surface area contributed by atoms with Crippen LogP contribution in [0.3, 0.4) is 0 Å². The van der Waals surface area contributed by atoms with E-state index in [0.29, 0.717) is 6.42 Å². The molecule has 1 heterocycles. The molecule has 26 heavy (non-hydrogen) atoms. The van der Waals surface area contributed by atoms with Crippen LogP contribution < -0.4 is 5.32 Å². The monoisotopic (exact) mass is 382 g/mol. The highest BCUT2D eigenvalue weighted by molar-refractivity contribution is 7.91. The van der Waals surface area contributed by atoms with Crippen molar-refractivity contribution in [3.8, 4) is 0 Å². The van der Waals surface area contributed by atoms with Crippen LogP contribution in [0.1, 0.15) is 30.6 Å². The number of esters is 1. The van der Waals surface area contributed by atoms with Gasteiger partial charge in [0.05, 0.1) is 29.4 Å². The molecule has 1 unspecified atom stereocenters. The molecular weight excluding hydrogens is 360 g/mol. The van der Waals surface area contributed by atoms with E-state index < -0.39 is 33.7 Å². The van der Waals surface area contributed by atoms with Gasteiger partial charge in [0.25, 0.3) is 0 Å². The molecule has 1 aromatic carbocycles. The van der Waals surface area contributed by atoms with Crippen LogP contribution >= 0.6 is 0 Å². The molecule has 2 rings (SSSR count). The van der Waals surface area contributed by atoms with Gasteiger partial charge in [-0.05, 0) is 32.4 Å². The predicted molar refractivity (Wildman–Crippen MR) is 95.5 cm³/mol. The molecule has 0 spiro atoms. The number of hydrogen-bond acceptors (Lipinski definition) is 6. The van der Waals surface area contributed by atoms with E-state index >= 15 is 0 Å². The Hall–Kier alpha value is -2.42. The van der Waals surface area contributed by atoms with Gasteiger partial charge in [0.15, 0.2) is 9.84 Å². The van der Waals surface area contributed by atoms with E-state index in [4.69, 9.17) is 4.74 Å². The van der Waals surface area contributed by atoms with Gasteiger partial charge in [0.2, 0.25) is 0 Å². The number of para-hydroxylation sites is 1. The second kappa shape index (κ2) is 8.31. The third kappa shape index (κ3) is 4.60. The van der Waals surface area contributed by atoms with Crippen molar-refractivity contribution < 1.29 is 27.5 Å². The van der Waals surface area contributed by atoms with Gasteiger partial charge in [-0.15, -0.1) is 0 Å². The van der Waals surface area contributed by atoms with E-state index in [1.54, 1.807) is 26.0 Å². The largest absolute Gasteiger partial charge is 0.462 e. The third-order valence-electron chi connectivity index (χ3n) is 4.12. The fraction of sp³-hybridized carbons (Fsp3) is 0.471. The Morgan fingerprint density at radius 1 is 1.23 bits per heavy atom. The number of rotatable bonds is 5. The molecule has 1 aliphatic heterocycles. The van der Waals surface area contributed by atoms with Gasteiger partial charge in [-0.25, -0.2) is 13.2 Å². The van der Waals surface area contributed by atoms with Gasteiger partial charge < -0.3 is 15.0 Å². The molecule has 1 aromatic rings. The van der Waals surface area contributed by atoms with Crippen LogP contribution in [0.4, 0.5) is 5.69 Å². The molecule has 8 nitrogen and oxygen atoms in total. The van der Waals surface area contributed by atoms with E-state index in [0.717, 1.165) is 0 Å². The quantitative estimate of drug-likeness (QED) is 0.597. The van der Waals surface area contributed by atoms with Crippen molar-refractivity contribution in [2.45, 2.75) is 26.3 Å². The number of sulfone groups is 1. The van der Waals surface area contributed by atoms with Crippen molar-refractivity contribution in [1.29, 1.82) is 0 Å². The molecule has 0 radical (unpaired) electrons. The molecule has 142 valence electrons.